The van der Waals surface area contributed by atoms with E-state index in [1.165, 1.54) is 20.9 Å². The van der Waals surface area contributed by atoms with Gasteiger partial charge >= 0.3 is 0 Å². The van der Waals surface area contributed by atoms with E-state index in [-0.39, 0.29) is 0 Å². The van der Waals surface area contributed by atoms with Gasteiger partial charge in [0, 0.05) is 20.9 Å². The number of hydrogen-bond acceptors (Lipinski definition) is 3. The molecule has 0 N–H and O–H groups in total. The van der Waals surface area contributed by atoms with E-state index < -0.39 is 0 Å². The van der Waals surface area contributed by atoms with Crippen LogP contribution in [0.5, 0.6) is 0 Å². The van der Waals surface area contributed by atoms with Crippen LogP contribution < -0.4 is 0 Å². The lowest BCUT2D eigenvalue weighted by Gasteiger charge is -2.00. The van der Waals surface area contributed by atoms with E-state index in [0.717, 1.165) is 5.76 Å². The third-order valence-corrected chi connectivity index (χ3v) is 4.37. The van der Waals surface area contributed by atoms with Crippen molar-refractivity contribution in [3.63, 3.8) is 0 Å². The largest absolute Gasteiger partial charge is 0.489 e. The van der Waals surface area contributed by atoms with E-state index in [4.69, 9.17) is 4.74 Å². The van der Waals surface area contributed by atoms with Crippen LogP contribution in [0.15, 0.2) is 47.4 Å². The topological polar surface area (TPSA) is 9.23 Å². The highest BCUT2D eigenvalue weighted by atomic mass is 32.1. The highest BCUT2D eigenvalue weighted by Crippen LogP contribution is 2.40. The normalized spacial score (nSPS) is 15.6. The summed E-state index contributed by atoms with van der Waals surface area (Å²) in [7, 11) is 0. The van der Waals surface area contributed by atoms with Crippen molar-refractivity contribution in [2.45, 2.75) is 0 Å². The van der Waals surface area contributed by atoms with Gasteiger partial charge in [0.2, 0.25) is 0 Å². The molecule has 0 aliphatic carbocycles. The summed E-state index contributed by atoms with van der Waals surface area (Å²) in [5.41, 5.74) is 2.44. The third-order valence-electron chi connectivity index (χ3n) is 2.56. The van der Waals surface area contributed by atoms with Crippen molar-refractivity contribution in [3.8, 4) is 0 Å². The molecule has 0 aromatic carbocycles. The summed E-state index contributed by atoms with van der Waals surface area (Å²) in [4.78, 5) is 2.52. The fourth-order valence-electron chi connectivity index (χ4n) is 1.82. The zero-order chi connectivity index (χ0) is 11.0. The molecule has 0 bridgehead atoms. The molecule has 2 aromatic rings. The first-order chi connectivity index (χ1) is 7.86. The third kappa shape index (κ3) is 1.52. The zero-order valence-corrected chi connectivity index (χ0v) is 10.2. The van der Waals surface area contributed by atoms with Crippen LogP contribution in [0.4, 0.5) is 0 Å². The van der Waals surface area contributed by atoms with E-state index in [2.05, 4.69) is 41.6 Å². The first-order valence-corrected chi connectivity index (χ1v) is 6.75. The average Bonchev–Trinajstić information content (AvgIpc) is 2.96. The SMILES string of the molecule is C=C1OCC(c2cccs2)=C1c1cccs1. The number of thiophene rings is 2. The molecule has 0 saturated heterocycles. The first-order valence-electron chi connectivity index (χ1n) is 4.99. The van der Waals surface area contributed by atoms with Crippen LogP contribution >= 0.6 is 22.7 Å². The average molecular weight is 246 g/mol. The molecule has 3 rings (SSSR count). The van der Waals surface area contributed by atoms with Crippen molar-refractivity contribution in [2.24, 2.45) is 0 Å². The Labute approximate surface area is 102 Å². The molecule has 0 unspecified atom stereocenters. The number of hydrogen-bond donors (Lipinski definition) is 0. The second-order valence-corrected chi connectivity index (χ2v) is 5.42. The molecule has 3 heterocycles. The van der Waals surface area contributed by atoms with Crippen molar-refractivity contribution in [1.29, 1.82) is 0 Å². The standard InChI is InChI=1S/C13H10OS2/c1-9-13(12-5-3-7-16-12)10(8-14-9)11-4-2-6-15-11/h2-7H,1,8H2. The van der Waals surface area contributed by atoms with Gasteiger partial charge in [-0.2, -0.15) is 0 Å². The quantitative estimate of drug-likeness (QED) is 0.769. The minimum absolute atomic E-state index is 0.645. The molecule has 0 spiro atoms. The summed E-state index contributed by atoms with van der Waals surface area (Å²) in [6.07, 6.45) is 0. The molecule has 0 amide bonds. The van der Waals surface area contributed by atoms with Crippen molar-refractivity contribution in [1.82, 2.24) is 0 Å². The monoisotopic (exact) mass is 246 g/mol. The molecule has 2 aromatic heterocycles. The lowest BCUT2D eigenvalue weighted by Crippen LogP contribution is -1.83. The minimum atomic E-state index is 0.645. The molecule has 1 aliphatic heterocycles. The number of ether oxygens (including phenoxy) is 1. The molecule has 1 nitrogen and oxygen atoms in total. The highest BCUT2D eigenvalue weighted by Gasteiger charge is 2.23. The summed E-state index contributed by atoms with van der Waals surface area (Å²) in [6, 6.07) is 8.38. The van der Waals surface area contributed by atoms with Crippen LogP contribution in [0.3, 0.4) is 0 Å². The van der Waals surface area contributed by atoms with E-state index >= 15 is 0 Å². The Bertz CT molecular complexity index is 533. The molecule has 0 radical (unpaired) electrons. The van der Waals surface area contributed by atoms with Crippen LogP contribution in [0.2, 0.25) is 0 Å². The number of rotatable bonds is 2. The summed E-state index contributed by atoms with van der Waals surface area (Å²) >= 11 is 3.48. The lowest BCUT2D eigenvalue weighted by molar-refractivity contribution is 0.287. The van der Waals surface area contributed by atoms with Gasteiger partial charge in [0.05, 0.1) is 0 Å². The zero-order valence-electron chi connectivity index (χ0n) is 8.60. The van der Waals surface area contributed by atoms with Crippen molar-refractivity contribution in [2.75, 3.05) is 6.61 Å². The summed E-state index contributed by atoms with van der Waals surface area (Å²) in [6.45, 7) is 4.63. The van der Waals surface area contributed by atoms with Crippen LogP contribution in [0.1, 0.15) is 9.75 Å². The maximum absolute atomic E-state index is 5.57. The van der Waals surface area contributed by atoms with Gasteiger partial charge in [-0.1, -0.05) is 18.7 Å². The Balaban J connectivity index is 2.16. The molecule has 0 saturated carbocycles. The molecule has 0 atom stereocenters. The highest BCUT2D eigenvalue weighted by molar-refractivity contribution is 7.12. The van der Waals surface area contributed by atoms with E-state index in [9.17, 15) is 0 Å². The van der Waals surface area contributed by atoms with Crippen LogP contribution in [0, 0.1) is 0 Å². The van der Waals surface area contributed by atoms with Gasteiger partial charge in [0.25, 0.3) is 0 Å². The second kappa shape index (κ2) is 3.92. The molecular weight excluding hydrogens is 236 g/mol. The Morgan fingerprint density at radius 2 is 1.75 bits per heavy atom. The van der Waals surface area contributed by atoms with Crippen molar-refractivity contribution in [3.05, 3.63) is 57.1 Å². The Morgan fingerprint density at radius 1 is 1.06 bits per heavy atom. The first kappa shape index (κ1) is 9.87. The molecule has 0 fully saturated rings. The van der Waals surface area contributed by atoms with Gasteiger partial charge in [-0.15, -0.1) is 22.7 Å². The molecule has 3 heteroatoms. The second-order valence-electron chi connectivity index (χ2n) is 3.52. The van der Waals surface area contributed by atoms with Crippen LogP contribution in [0.25, 0.3) is 11.1 Å². The predicted molar refractivity (Wildman–Crippen MR) is 70.5 cm³/mol. The molecule has 16 heavy (non-hydrogen) atoms. The van der Waals surface area contributed by atoms with Gasteiger partial charge in [-0.25, -0.2) is 0 Å². The summed E-state index contributed by atoms with van der Waals surface area (Å²) in [5.74, 6) is 0.797. The summed E-state index contributed by atoms with van der Waals surface area (Å²) in [5, 5.41) is 4.18. The fraction of sp³-hybridized carbons (Fsp3) is 0.0769. The fourth-order valence-corrected chi connectivity index (χ4v) is 3.40. The molecule has 1 aliphatic rings. The Morgan fingerprint density at radius 3 is 2.38 bits per heavy atom. The predicted octanol–water partition coefficient (Wildman–Crippen LogP) is 4.26. The van der Waals surface area contributed by atoms with Crippen molar-refractivity contribution >= 4 is 33.8 Å². The Kier molecular flexibility index (Phi) is 2.42. The van der Waals surface area contributed by atoms with Crippen LogP contribution in [-0.2, 0) is 4.74 Å². The van der Waals surface area contributed by atoms with E-state index in [1.807, 2.05) is 0 Å². The molecule has 80 valence electrons. The van der Waals surface area contributed by atoms with E-state index in [1.54, 1.807) is 22.7 Å². The maximum Gasteiger partial charge on any atom is 0.121 e. The van der Waals surface area contributed by atoms with Crippen molar-refractivity contribution < 1.29 is 4.74 Å². The van der Waals surface area contributed by atoms with Gasteiger partial charge in [0.15, 0.2) is 0 Å². The van der Waals surface area contributed by atoms with Gasteiger partial charge in [0.1, 0.15) is 12.4 Å². The van der Waals surface area contributed by atoms with Gasteiger partial charge < -0.3 is 4.74 Å². The smallest absolute Gasteiger partial charge is 0.121 e. The number of allylic oxidation sites excluding steroid dienone is 1. The molecular formula is C13H10OS2. The maximum atomic E-state index is 5.57. The van der Waals surface area contributed by atoms with Gasteiger partial charge in [-0.3, -0.25) is 0 Å². The summed E-state index contributed by atoms with van der Waals surface area (Å²) < 4.78 is 5.57. The van der Waals surface area contributed by atoms with Gasteiger partial charge in [-0.05, 0) is 22.9 Å². The Hall–Kier alpha value is -1.32. The van der Waals surface area contributed by atoms with E-state index in [0.29, 0.717) is 6.61 Å². The van der Waals surface area contributed by atoms with Crippen LogP contribution in [-0.4, -0.2) is 6.61 Å². The minimum Gasteiger partial charge on any atom is -0.489 e. The lowest BCUT2D eigenvalue weighted by atomic mass is 10.1.